The summed E-state index contributed by atoms with van der Waals surface area (Å²) in [5, 5.41) is 3.34. The average molecular weight is 253 g/mol. The van der Waals surface area contributed by atoms with Gasteiger partial charge in [0.1, 0.15) is 0 Å². The standard InChI is InChI=1S/C15H21F2N/c1-3-8-18-13(9-11-5-6-11)12-7-4-10(2)14(16)15(12)17/h4,7,11,13,18H,3,5-6,8-9H2,1-2H3. The molecular weight excluding hydrogens is 232 g/mol. The minimum Gasteiger partial charge on any atom is -0.310 e. The van der Waals surface area contributed by atoms with E-state index in [2.05, 4.69) is 12.2 Å². The number of benzene rings is 1. The van der Waals surface area contributed by atoms with Crippen molar-refractivity contribution in [1.29, 1.82) is 0 Å². The number of hydrogen-bond acceptors (Lipinski definition) is 1. The van der Waals surface area contributed by atoms with Gasteiger partial charge < -0.3 is 5.32 Å². The van der Waals surface area contributed by atoms with Crippen LogP contribution in [0.4, 0.5) is 8.78 Å². The van der Waals surface area contributed by atoms with E-state index in [1.807, 2.05) is 0 Å². The van der Waals surface area contributed by atoms with Crippen molar-refractivity contribution in [3.05, 3.63) is 34.9 Å². The maximum absolute atomic E-state index is 14.0. The minimum absolute atomic E-state index is 0.0486. The molecule has 0 spiro atoms. The molecule has 1 nitrogen and oxygen atoms in total. The molecule has 1 saturated carbocycles. The van der Waals surface area contributed by atoms with E-state index in [0.29, 0.717) is 17.0 Å². The van der Waals surface area contributed by atoms with E-state index < -0.39 is 11.6 Å². The third-order valence-corrected chi connectivity index (χ3v) is 3.59. The summed E-state index contributed by atoms with van der Waals surface area (Å²) >= 11 is 0. The largest absolute Gasteiger partial charge is 0.310 e. The van der Waals surface area contributed by atoms with Gasteiger partial charge in [-0.1, -0.05) is 31.9 Å². The second kappa shape index (κ2) is 5.79. The van der Waals surface area contributed by atoms with E-state index in [-0.39, 0.29) is 6.04 Å². The second-order valence-electron chi connectivity index (χ2n) is 5.29. The Labute approximate surface area is 108 Å². The summed E-state index contributed by atoms with van der Waals surface area (Å²) in [4.78, 5) is 0. The highest BCUT2D eigenvalue weighted by atomic mass is 19.2. The normalized spacial score (nSPS) is 16.9. The predicted octanol–water partition coefficient (Wildman–Crippen LogP) is 4.11. The number of nitrogens with one attached hydrogen (secondary N) is 1. The van der Waals surface area contributed by atoms with Crippen LogP contribution in [-0.4, -0.2) is 6.54 Å². The molecule has 3 heteroatoms. The van der Waals surface area contributed by atoms with E-state index in [0.717, 1.165) is 19.4 Å². The SMILES string of the molecule is CCCNC(CC1CC1)c1ccc(C)c(F)c1F. The molecular formula is C15H21F2N. The molecule has 1 atom stereocenters. The summed E-state index contributed by atoms with van der Waals surface area (Å²) in [6, 6.07) is 3.35. The molecule has 2 rings (SSSR count). The van der Waals surface area contributed by atoms with Crippen LogP contribution in [0.2, 0.25) is 0 Å². The van der Waals surface area contributed by atoms with Crippen LogP contribution in [0.15, 0.2) is 12.1 Å². The van der Waals surface area contributed by atoms with Crippen LogP contribution in [0.25, 0.3) is 0 Å². The third-order valence-electron chi connectivity index (χ3n) is 3.59. The Balaban J connectivity index is 2.19. The fraction of sp³-hybridized carbons (Fsp3) is 0.600. The molecule has 1 fully saturated rings. The van der Waals surface area contributed by atoms with Crippen LogP contribution < -0.4 is 5.32 Å². The highest BCUT2D eigenvalue weighted by Gasteiger charge is 2.28. The van der Waals surface area contributed by atoms with Crippen LogP contribution in [0.3, 0.4) is 0 Å². The van der Waals surface area contributed by atoms with Gasteiger partial charge in [0, 0.05) is 11.6 Å². The molecule has 0 aliphatic heterocycles. The fourth-order valence-corrected chi connectivity index (χ4v) is 2.26. The summed E-state index contributed by atoms with van der Waals surface area (Å²) < 4.78 is 27.6. The van der Waals surface area contributed by atoms with Crippen molar-refractivity contribution >= 4 is 0 Å². The summed E-state index contributed by atoms with van der Waals surface area (Å²) in [5.41, 5.74) is 0.857. The molecule has 0 aromatic heterocycles. The Bertz CT molecular complexity index is 413. The lowest BCUT2D eigenvalue weighted by molar-refractivity contribution is 0.431. The van der Waals surface area contributed by atoms with Gasteiger partial charge in [-0.05, 0) is 37.8 Å². The topological polar surface area (TPSA) is 12.0 Å². The van der Waals surface area contributed by atoms with Crippen LogP contribution in [0.1, 0.15) is 49.8 Å². The molecule has 1 aromatic rings. The predicted molar refractivity (Wildman–Crippen MR) is 69.5 cm³/mol. The molecule has 0 saturated heterocycles. The van der Waals surface area contributed by atoms with Gasteiger partial charge in [0.05, 0.1) is 0 Å². The number of hydrogen-bond donors (Lipinski definition) is 1. The lowest BCUT2D eigenvalue weighted by Gasteiger charge is -2.20. The third kappa shape index (κ3) is 3.08. The van der Waals surface area contributed by atoms with E-state index in [1.165, 1.54) is 12.8 Å². The number of rotatable bonds is 6. The Morgan fingerprint density at radius 2 is 2.00 bits per heavy atom. The van der Waals surface area contributed by atoms with Crippen molar-refractivity contribution in [3.8, 4) is 0 Å². The number of aryl methyl sites for hydroxylation is 1. The zero-order chi connectivity index (χ0) is 13.1. The molecule has 18 heavy (non-hydrogen) atoms. The molecule has 1 aromatic carbocycles. The Hall–Kier alpha value is -0.960. The van der Waals surface area contributed by atoms with Gasteiger partial charge in [-0.25, -0.2) is 8.78 Å². The zero-order valence-corrected chi connectivity index (χ0v) is 11.1. The lowest BCUT2D eigenvalue weighted by Crippen LogP contribution is -2.24. The molecule has 0 heterocycles. The first-order chi connectivity index (χ1) is 8.63. The smallest absolute Gasteiger partial charge is 0.163 e. The van der Waals surface area contributed by atoms with Crippen molar-refractivity contribution < 1.29 is 8.78 Å². The van der Waals surface area contributed by atoms with Gasteiger partial charge in [-0.2, -0.15) is 0 Å². The Morgan fingerprint density at radius 3 is 2.61 bits per heavy atom. The number of halogens is 2. The summed E-state index contributed by atoms with van der Waals surface area (Å²) in [6.07, 6.45) is 4.36. The molecule has 100 valence electrons. The average Bonchev–Trinajstić information content (AvgIpc) is 3.16. The molecule has 1 aliphatic carbocycles. The maximum atomic E-state index is 14.0. The van der Waals surface area contributed by atoms with E-state index in [9.17, 15) is 8.78 Å². The van der Waals surface area contributed by atoms with Gasteiger partial charge >= 0.3 is 0 Å². The van der Waals surface area contributed by atoms with E-state index in [4.69, 9.17) is 0 Å². The van der Waals surface area contributed by atoms with Gasteiger partial charge in [-0.15, -0.1) is 0 Å². The fourth-order valence-electron chi connectivity index (χ4n) is 2.26. The highest BCUT2D eigenvalue weighted by Crippen LogP contribution is 2.38. The van der Waals surface area contributed by atoms with Crippen molar-refractivity contribution in [2.45, 2.75) is 45.6 Å². The summed E-state index contributed by atoms with van der Waals surface area (Å²) in [6.45, 7) is 4.51. The van der Waals surface area contributed by atoms with Crippen molar-refractivity contribution in [2.75, 3.05) is 6.54 Å². The minimum atomic E-state index is -0.702. The van der Waals surface area contributed by atoms with Crippen LogP contribution in [-0.2, 0) is 0 Å². The first-order valence-electron chi connectivity index (χ1n) is 6.81. The second-order valence-corrected chi connectivity index (χ2v) is 5.29. The zero-order valence-electron chi connectivity index (χ0n) is 11.1. The van der Waals surface area contributed by atoms with Gasteiger partial charge in [-0.3, -0.25) is 0 Å². The van der Waals surface area contributed by atoms with Crippen molar-refractivity contribution in [1.82, 2.24) is 5.32 Å². The van der Waals surface area contributed by atoms with Gasteiger partial charge in [0.25, 0.3) is 0 Å². The molecule has 0 radical (unpaired) electrons. The van der Waals surface area contributed by atoms with Gasteiger partial charge in [0.2, 0.25) is 0 Å². The van der Waals surface area contributed by atoms with Crippen molar-refractivity contribution in [2.24, 2.45) is 5.92 Å². The first kappa shape index (κ1) is 13.5. The van der Waals surface area contributed by atoms with Gasteiger partial charge in [0.15, 0.2) is 11.6 Å². The quantitative estimate of drug-likeness (QED) is 0.804. The monoisotopic (exact) mass is 253 g/mol. The maximum Gasteiger partial charge on any atom is 0.163 e. The molecule has 0 bridgehead atoms. The highest BCUT2D eigenvalue weighted by molar-refractivity contribution is 5.28. The molecule has 1 unspecified atom stereocenters. The summed E-state index contributed by atoms with van der Waals surface area (Å²) in [7, 11) is 0. The first-order valence-corrected chi connectivity index (χ1v) is 6.81. The molecule has 0 amide bonds. The van der Waals surface area contributed by atoms with Crippen LogP contribution in [0.5, 0.6) is 0 Å². The lowest BCUT2D eigenvalue weighted by atomic mass is 9.98. The molecule has 1 N–H and O–H groups in total. The van der Waals surface area contributed by atoms with Crippen LogP contribution in [0, 0.1) is 24.5 Å². The molecule has 1 aliphatic rings. The van der Waals surface area contributed by atoms with E-state index in [1.54, 1.807) is 19.1 Å². The Kier molecular flexibility index (Phi) is 4.33. The van der Waals surface area contributed by atoms with Crippen LogP contribution >= 0.6 is 0 Å². The summed E-state index contributed by atoms with van der Waals surface area (Å²) in [5.74, 6) is -0.695. The van der Waals surface area contributed by atoms with Crippen molar-refractivity contribution in [3.63, 3.8) is 0 Å². The van der Waals surface area contributed by atoms with E-state index >= 15 is 0 Å². The Morgan fingerprint density at radius 1 is 1.28 bits per heavy atom.